The third-order valence-corrected chi connectivity index (χ3v) is 4.07. The Morgan fingerprint density at radius 3 is 2.41 bits per heavy atom. The Balaban J connectivity index is 1.76. The van der Waals surface area contributed by atoms with Crippen molar-refractivity contribution in [2.24, 2.45) is 0 Å². The number of hydrogen-bond acceptors (Lipinski definition) is 3. The Hall–Kier alpha value is -2.46. The van der Waals surface area contributed by atoms with E-state index in [0.29, 0.717) is 12.0 Å². The second kappa shape index (κ2) is 6.12. The van der Waals surface area contributed by atoms with Gasteiger partial charge in [-0.25, -0.2) is 0 Å². The Morgan fingerprint density at radius 2 is 1.64 bits per heavy atom. The van der Waals surface area contributed by atoms with Gasteiger partial charge >= 0.3 is 0 Å². The molecule has 1 N–H and O–H groups in total. The number of fused-ring (bicyclic) bond motifs is 1. The van der Waals surface area contributed by atoms with Crippen LogP contribution in [0.1, 0.15) is 40.2 Å². The number of amides is 2. The van der Waals surface area contributed by atoms with Crippen LogP contribution in [0.3, 0.4) is 0 Å². The van der Waals surface area contributed by atoms with Gasteiger partial charge in [-0.05, 0) is 36.5 Å². The first-order chi connectivity index (χ1) is 10.7. The van der Waals surface area contributed by atoms with Gasteiger partial charge in [0, 0.05) is 5.56 Å². The molecule has 0 aromatic heterocycles. The molecule has 4 heteroatoms. The fraction of sp³-hybridized carbons (Fsp3) is 0.222. The van der Waals surface area contributed by atoms with E-state index in [9.17, 15) is 14.8 Å². The third-order valence-electron chi connectivity index (χ3n) is 4.07. The molecular weight excluding hydrogens is 278 g/mol. The van der Waals surface area contributed by atoms with Crippen LogP contribution in [-0.2, 0) is 11.2 Å². The number of rotatable bonds is 4. The molecule has 0 bridgehead atoms. The zero-order valence-electron chi connectivity index (χ0n) is 12.1. The summed E-state index contributed by atoms with van der Waals surface area (Å²) in [5.41, 5.74) is 2.35. The lowest BCUT2D eigenvalue weighted by molar-refractivity contribution is -0.157. The van der Waals surface area contributed by atoms with Crippen LogP contribution < -0.4 is 0 Å². The predicted molar refractivity (Wildman–Crippen MR) is 81.5 cm³/mol. The Kier molecular flexibility index (Phi) is 4.02. The number of hydrogen-bond donors (Lipinski definition) is 1. The summed E-state index contributed by atoms with van der Waals surface area (Å²) in [5.74, 6) is -1.63. The van der Waals surface area contributed by atoms with Crippen molar-refractivity contribution in [2.75, 3.05) is 0 Å². The summed E-state index contributed by atoms with van der Waals surface area (Å²) in [6, 6.07) is 17.1. The van der Waals surface area contributed by atoms with E-state index in [1.54, 1.807) is 18.2 Å². The molecule has 0 saturated heterocycles. The van der Waals surface area contributed by atoms with E-state index in [1.807, 2.05) is 24.3 Å². The SMILES string of the molecule is O=C1c2ccccc2[C@@H](CCCc2ccccc2)C(=O)N1O. The molecule has 2 aromatic carbocycles. The van der Waals surface area contributed by atoms with Crippen LogP contribution >= 0.6 is 0 Å². The normalized spacial score (nSPS) is 17.5. The molecule has 0 radical (unpaired) electrons. The van der Waals surface area contributed by atoms with Crippen LogP contribution in [0, 0.1) is 0 Å². The first-order valence-electron chi connectivity index (χ1n) is 7.38. The van der Waals surface area contributed by atoms with E-state index in [1.165, 1.54) is 5.56 Å². The van der Waals surface area contributed by atoms with Crippen molar-refractivity contribution >= 4 is 11.8 Å². The first kappa shape index (κ1) is 14.5. The minimum absolute atomic E-state index is 0.259. The Morgan fingerprint density at radius 1 is 0.955 bits per heavy atom. The highest BCUT2D eigenvalue weighted by Gasteiger charge is 2.37. The highest BCUT2D eigenvalue weighted by molar-refractivity contribution is 6.10. The Bertz CT molecular complexity index is 696. The maximum atomic E-state index is 12.2. The van der Waals surface area contributed by atoms with Gasteiger partial charge in [0.1, 0.15) is 0 Å². The van der Waals surface area contributed by atoms with E-state index < -0.39 is 17.7 Å². The van der Waals surface area contributed by atoms with Crippen LogP contribution in [0.5, 0.6) is 0 Å². The molecule has 0 saturated carbocycles. The summed E-state index contributed by atoms with van der Waals surface area (Å²) >= 11 is 0. The molecule has 1 atom stereocenters. The van der Waals surface area contributed by atoms with Crippen LogP contribution in [0.4, 0.5) is 0 Å². The topological polar surface area (TPSA) is 57.6 Å². The molecule has 1 aliphatic heterocycles. The summed E-state index contributed by atoms with van der Waals surface area (Å²) in [6.07, 6.45) is 2.29. The molecule has 4 nitrogen and oxygen atoms in total. The van der Waals surface area contributed by atoms with Crippen LogP contribution in [0.2, 0.25) is 0 Å². The molecular formula is C18H17NO3. The standard InChI is InChI=1S/C18H17NO3/c20-17-15-11-5-4-10-14(15)16(18(21)19(17)22)12-6-9-13-7-2-1-3-8-13/h1-5,7-8,10-11,16,22H,6,9,12H2/t16-/m1/s1. The van der Waals surface area contributed by atoms with Gasteiger partial charge in [0.05, 0.1) is 5.92 Å². The quantitative estimate of drug-likeness (QED) is 0.696. The Labute approximate surface area is 129 Å². The van der Waals surface area contributed by atoms with Gasteiger partial charge in [-0.15, -0.1) is 0 Å². The summed E-state index contributed by atoms with van der Waals surface area (Å²) in [5, 5.41) is 9.97. The summed E-state index contributed by atoms with van der Waals surface area (Å²) in [7, 11) is 0. The minimum atomic E-state index is -0.639. The number of aryl methyl sites for hydroxylation is 1. The second-order valence-electron chi connectivity index (χ2n) is 5.47. The smallest absolute Gasteiger partial charge is 0.278 e. The molecule has 1 heterocycles. The van der Waals surface area contributed by atoms with Crippen molar-refractivity contribution in [3.8, 4) is 0 Å². The molecule has 2 aromatic rings. The average molecular weight is 295 g/mol. The van der Waals surface area contributed by atoms with E-state index >= 15 is 0 Å². The lowest BCUT2D eigenvalue weighted by Crippen LogP contribution is -2.42. The molecule has 1 aliphatic rings. The number of hydroxylamine groups is 2. The zero-order chi connectivity index (χ0) is 15.5. The molecule has 0 fully saturated rings. The lowest BCUT2D eigenvalue weighted by atomic mass is 9.85. The van der Waals surface area contributed by atoms with Crippen molar-refractivity contribution in [2.45, 2.75) is 25.2 Å². The molecule has 0 unspecified atom stereocenters. The van der Waals surface area contributed by atoms with Crippen molar-refractivity contribution in [3.05, 3.63) is 71.3 Å². The lowest BCUT2D eigenvalue weighted by Gasteiger charge is -2.28. The van der Waals surface area contributed by atoms with Gasteiger partial charge in [-0.3, -0.25) is 14.8 Å². The van der Waals surface area contributed by atoms with E-state index in [4.69, 9.17) is 0 Å². The van der Waals surface area contributed by atoms with E-state index in [2.05, 4.69) is 12.1 Å². The summed E-state index contributed by atoms with van der Waals surface area (Å²) < 4.78 is 0. The van der Waals surface area contributed by atoms with Crippen molar-refractivity contribution < 1.29 is 14.8 Å². The number of nitrogens with zero attached hydrogens (tertiary/aromatic N) is 1. The largest absolute Gasteiger partial charge is 0.284 e. The van der Waals surface area contributed by atoms with Crippen molar-refractivity contribution in [1.29, 1.82) is 0 Å². The number of benzene rings is 2. The van der Waals surface area contributed by atoms with Gasteiger partial charge in [0.15, 0.2) is 0 Å². The highest BCUT2D eigenvalue weighted by atomic mass is 16.5. The molecule has 112 valence electrons. The predicted octanol–water partition coefficient (Wildman–Crippen LogP) is 3.16. The van der Waals surface area contributed by atoms with Gasteiger partial charge in [0.25, 0.3) is 11.8 Å². The fourth-order valence-electron chi connectivity index (χ4n) is 2.92. The van der Waals surface area contributed by atoms with Crippen molar-refractivity contribution in [3.63, 3.8) is 0 Å². The molecule has 22 heavy (non-hydrogen) atoms. The van der Waals surface area contributed by atoms with Gasteiger partial charge in [-0.2, -0.15) is 5.06 Å². The van der Waals surface area contributed by atoms with Gasteiger partial charge < -0.3 is 0 Å². The molecule has 0 aliphatic carbocycles. The maximum Gasteiger partial charge on any atom is 0.284 e. The van der Waals surface area contributed by atoms with Crippen molar-refractivity contribution in [1.82, 2.24) is 5.06 Å². The average Bonchev–Trinajstić information content (AvgIpc) is 2.57. The molecule has 0 spiro atoms. The summed E-state index contributed by atoms with van der Waals surface area (Å²) in [6.45, 7) is 0. The first-order valence-corrected chi connectivity index (χ1v) is 7.38. The van der Waals surface area contributed by atoms with Crippen LogP contribution in [0.25, 0.3) is 0 Å². The molecule has 2 amide bonds. The molecule has 3 rings (SSSR count). The monoisotopic (exact) mass is 295 g/mol. The second-order valence-corrected chi connectivity index (χ2v) is 5.47. The number of carbonyl (C=O) groups excluding carboxylic acids is 2. The third kappa shape index (κ3) is 2.65. The van der Waals surface area contributed by atoms with Crippen LogP contribution in [-0.4, -0.2) is 22.1 Å². The highest BCUT2D eigenvalue weighted by Crippen LogP contribution is 2.32. The minimum Gasteiger partial charge on any atom is -0.278 e. The van der Waals surface area contributed by atoms with E-state index in [-0.39, 0.29) is 5.06 Å². The van der Waals surface area contributed by atoms with Crippen LogP contribution in [0.15, 0.2) is 54.6 Å². The zero-order valence-corrected chi connectivity index (χ0v) is 12.1. The maximum absolute atomic E-state index is 12.2. The van der Waals surface area contributed by atoms with Gasteiger partial charge in [0.2, 0.25) is 0 Å². The van der Waals surface area contributed by atoms with Gasteiger partial charge in [-0.1, -0.05) is 48.5 Å². The number of carbonyl (C=O) groups is 2. The fourth-order valence-corrected chi connectivity index (χ4v) is 2.92. The van der Waals surface area contributed by atoms with E-state index in [0.717, 1.165) is 18.4 Å². The summed E-state index contributed by atoms with van der Waals surface area (Å²) in [4.78, 5) is 24.1. The number of imide groups is 1.